The van der Waals surface area contributed by atoms with Crippen molar-refractivity contribution in [1.29, 1.82) is 0 Å². The molecular weight excluding hydrogens is 260 g/mol. The lowest BCUT2D eigenvalue weighted by molar-refractivity contribution is -0.705. The van der Waals surface area contributed by atoms with Gasteiger partial charge in [0.1, 0.15) is 37.4 Å². The highest BCUT2D eigenvalue weighted by Gasteiger charge is 2.24. The number of imidazole rings is 2. The van der Waals surface area contributed by atoms with Gasteiger partial charge < -0.3 is 0 Å². The molecule has 0 aliphatic heterocycles. The molecule has 0 saturated heterocycles. The highest BCUT2D eigenvalue weighted by Crippen LogP contribution is 2.17. The van der Waals surface area contributed by atoms with Crippen LogP contribution in [0.3, 0.4) is 0 Å². The Labute approximate surface area is 128 Å². The van der Waals surface area contributed by atoms with Crippen LogP contribution in [0.15, 0.2) is 37.4 Å². The quantitative estimate of drug-likeness (QED) is 0.698. The Morgan fingerprint density at radius 2 is 1.52 bits per heavy atom. The minimum atomic E-state index is 0.483. The SMILES string of the molecule is CCC[n+]1ccn([C@H](C[n+]2ccn(C(C)C)c2)C(C)C)c1. The van der Waals surface area contributed by atoms with Crippen LogP contribution in [0.1, 0.15) is 53.1 Å². The van der Waals surface area contributed by atoms with Crippen molar-refractivity contribution in [2.24, 2.45) is 5.92 Å². The third kappa shape index (κ3) is 3.96. The van der Waals surface area contributed by atoms with E-state index in [0.717, 1.165) is 13.1 Å². The van der Waals surface area contributed by atoms with Gasteiger partial charge in [-0.05, 0) is 26.2 Å². The molecule has 2 aromatic heterocycles. The molecule has 0 unspecified atom stereocenters. The Bertz CT molecular complexity index is 551. The van der Waals surface area contributed by atoms with Gasteiger partial charge in [0.2, 0.25) is 12.7 Å². The normalized spacial score (nSPS) is 13.3. The molecule has 0 amide bonds. The molecule has 21 heavy (non-hydrogen) atoms. The van der Waals surface area contributed by atoms with Crippen molar-refractivity contribution in [1.82, 2.24) is 9.13 Å². The molecule has 4 nitrogen and oxygen atoms in total. The summed E-state index contributed by atoms with van der Waals surface area (Å²) in [6.07, 6.45) is 14.4. The first kappa shape index (κ1) is 15.8. The van der Waals surface area contributed by atoms with Gasteiger partial charge in [0.15, 0.2) is 0 Å². The van der Waals surface area contributed by atoms with Crippen molar-refractivity contribution in [3.8, 4) is 0 Å². The number of hydrogen-bond acceptors (Lipinski definition) is 0. The van der Waals surface area contributed by atoms with Crippen LogP contribution in [-0.4, -0.2) is 9.13 Å². The fourth-order valence-electron chi connectivity index (χ4n) is 2.69. The second kappa shape index (κ2) is 6.92. The molecule has 0 aromatic carbocycles. The molecule has 116 valence electrons. The van der Waals surface area contributed by atoms with Gasteiger partial charge in [-0.2, -0.15) is 0 Å². The molecule has 2 rings (SSSR count). The zero-order valence-electron chi connectivity index (χ0n) is 14.1. The smallest absolute Gasteiger partial charge is 0.237 e. The van der Waals surface area contributed by atoms with Gasteiger partial charge in [0, 0.05) is 0 Å². The summed E-state index contributed by atoms with van der Waals surface area (Å²) in [5.41, 5.74) is 0. The van der Waals surface area contributed by atoms with Crippen molar-refractivity contribution in [3.63, 3.8) is 0 Å². The second-order valence-corrected chi connectivity index (χ2v) is 6.56. The van der Waals surface area contributed by atoms with Crippen molar-refractivity contribution >= 4 is 0 Å². The van der Waals surface area contributed by atoms with Crippen molar-refractivity contribution < 1.29 is 9.13 Å². The van der Waals surface area contributed by atoms with E-state index < -0.39 is 0 Å². The van der Waals surface area contributed by atoms with E-state index in [0.29, 0.717) is 18.0 Å². The molecular formula is C17H30N4+2. The minimum Gasteiger partial charge on any atom is -0.237 e. The molecule has 1 atom stereocenters. The van der Waals surface area contributed by atoms with Crippen LogP contribution >= 0.6 is 0 Å². The summed E-state index contributed by atoms with van der Waals surface area (Å²) in [6, 6.07) is 0.998. The highest BCUT2D eigenvalue weighted by atomic mass is 15.2. The number of hydrogen-bond donors (Lipinski definition) is 0. The highest BCUT2D eigenvalue weighted by molar-refractivity contribution is 4.76. The maximum Gasteiger partial charge on any atom is 0.244 e. The lowest BCUT2D eigenvalue weighted by Gasteiger charge is -2.15. The van der Waals surface area contributed by atoms with E-state index in [1.807, 2.05) is 0 Å². The van der Waals surface area contributed by atoms with E-state index in [4.69, 9.17) is 0 Å². The molecule has 0 bridgehead atoms. The third-order valence-electron chi connectivity index (χ3n) is 4.05. The molecule has 0 radical (unpaired) electrons. The van der Waals surface area contributed by atoms with Gasteiger partial charge in [0.25, 0.3) is 0 Å². The van der Waals surface area contributed by atoms with E-state index in [9.17, 15) is 0 Å². The van der Waals surface area contributed by atoms with Crippen molar-refractivity contribution in [2.45, 2.75) is 66.2 Å². The summed E-state index contributed by atoms with van der Waals surface area (Å²) < 4.78 is 9.19. The van der Waals surface area contributed by atoms with Gasteiger partial charge in [0.05, 0.1) is 12.6 Å². The Morgan fingerprint density at radius 3 is 2.10 bits per heavy atom. The fourth-order valence-corrected chi connectivity index (χ4v) is 2.69. The Hall–Kier alpha value is -1.58. The topological polar surface area (TPSA) is 17.6 Å². The van der Waals surface area contributed by atoms with E-state index in [1.54, 1.807) is 0 Å². The third-order valence-corrected chi connectivity index (χ3v) is 4.05. The van der Waals surface area contributed by atoms with Crippen LogP contribution in [-0.2, 0) is 13.1 Å². The van der Waals surface area contributed by atoms with Gasteiger partial charge in [-0.1, -0.05) is 20.8 Å². The molecule has 0 aliphatic rings. The average Bonchev–Trinajstić information content (AvgIpc) is 3.05. The van der Waals surface area contributed by atoms with E-state index in [-0.39, 0.29) is 0 Å². The fraction of sp³-hybridized carbons (Fsp3) is 0.647. The zero-order valence-corrected chi connectivity index (χ0v) is 14.1. The summed E-state index contributed by atoms with van der Waals surface area (Å²) in [5, 5.41) is 0. The number of aryl methyl sites for hydroxylation is 1. The molecule has 0 aliphatic carbocycles. The zero-order chi connectivity index (χ0) is 15.4. The molecule has 2 aromatic rings. The van der Waals surface area contributed by atoms with Gasteiger partial charge in [-0.15, -0.1) is 0 Å². The van der Waals surface area contributed by atoms with E-state index in [2.05, 4.69) is 90.3 Å². The first-order valence-corrected chi connectivity index (χ1v) is 8.14. The Balaban J connectivity index is 2.14. The monoisotopic (exact) mass is 290 g/mol. The first-order chi connectivity index (χ1) is 10.0. The molecule has 2 heterocycles. The van der Waals surface area contributed by atoms with Crippen molar-refractivity contribution in [2.75, 3.05) is 0 Å². The predicted octanol–water partition coefficient (Wildman–Crippen LogP) is 2.75. The molecule has 0 N–H and O–H groups in total. The summed E-state index contributed by atoms with van der Waals surface area (Å²) in [7, 11) is 0. The predicted molar refractivity (Wildman–Crippen MR) is 83.8 cm³/mol. The van der Waals surface area contributed by atoms with Gasteiger partial charge in [-0.3, -0.25) is 0 Å². The van der Waals surface area contributed by atoms with E-state index >= 15 is 0 Å². The van der Waals surface area contributed by atoms with E-state index in [1.165, 1.54) is 6.42 Å². The summed E-state index contributed by atoms with van der Waals surface area (Å²) in [5.74, 6) is 0.599. The molecule has 0 saturated carbocycles. The summed E-state index contributed by atoms with van der Waals surface area (Å²) >= 11 is 0. The number of rotatable bonds is 7. The molecule has 4 heteroatoms. The van der Waals surface area contributed by atoms with Crippen LogP contribution < -0.4 is 9.13 Å². The van der Waals surface area contributed by atoms with Crippen LogP contribution in [0.5, 0.6) is 0 Å². The lowest BCUT2D eigenvalue weighted by Crippen LogP contribution is -2.39. The van der Waals surface area contributed by atoms with Crippen molar-refractivity contribution in [3.05, 3.63) is 37.4 Å². The van der Waals surface area contributed by atoms with Crippen LogP contribution in [0, 0.1) is 5.92 Å². The van der Waals surface area contributed by atoms with Crippen LogP contribution in [0.25, 0.3) is 0 Å². The maximum absolute atomic E-state index is 2.36. The first-order valence-electron chi connectivity index (χ1n) is 8.14. The van der Waals surface area contributed by atoms with Crippen LogP contribution in [0.2, 0.25) is 0 Å². The average molecular weight is 290 g/mol. The summed E-state index contributed by atoms with van der Waals surface area (Å²) in [6.45, 7) is 13.3. The Morgan fingerprint density at radius 1 is 0.905 bits per heavy atom. The summed E-state index contributed by atoms with van der Waals surface area (Å²) in [4.78, 5) is 0. The number of aromatic nitrogens is 4. The van der Waals surface area contributed by atoms with Crippen LogP contribution in [0.4, 0.5) is 0 Å². The lowest BCUT2D eigenvalue weighted by atomic mass is 10.0. The minimum absolute atomic E-state index is 0.483. The second-order valence-electron chi connectivity index (χ2n) is 6.56. The van der Waals surface area contributed by atoms with Gasteiger partial charge in [-0.25, -0.2) is 18.3 Å². The Kier molecular flexibility index (Phi) is 5.21. The number of nitrogens with zero attached hydrogens (tertiary/aromatic N) is 4. The molecule has 0 spiro atoms. The standard InChI is InChI=1S/C17H30N4/c1-6-7-18-8-11-21(13-18)17(15(2)3)12-19-9-10-20(14-19)16(4)5/h8-11,13-17H,6-7,12H2,1-5H3/q+2/t17-/m1/s1. The van der Waals surface area contributed by atoms with Gasteiger partial charge >= 0.3 is 0 Å². The maximum atomic E-state index is 2.36. The molecule has 0 fully saturated rings. The largest absolute Gasteiger partial charge is 0.244 e.